The minimum Gasteiger partial charge on any atom is -0.371 e. The van der Waals surface area contributed by atoms with E-state index in [2.05, 4.69) is 38.3 Å². The van der Waals surface area contributed by atoms with Gasteiger partial charge in [-0.1, -0.05) is 47.0 Å². The summed E-state index contributed by atoms with van der Waals surface area (Å²) < 4.78 is 7.20. The van der Waals surface area contributed by atoms with Crippen molar-refractivity contribution in [3.8, 4) is 0 Å². The second-order valence-electron chi connectivity index (χ2n) is 16.6. The summed E-state index contributed by atoms with van der Waals surface area (Å²) in [4.78, 5) is 12.8. The van der Waals surface area contributed by atoms with Crippen molar-refractivity contribution in [3.63, 3.8) is 0 Å². The summed E-state index contributed by atoms with van der Waals surface area (Å²) in [6, 6.07) is 0.870. The molecule has 10 atom stereocenters. The minimum atomic E-state index is 0.106. The molecular formula is C35H58N2O2. The molecule has 6 aliphatic carbocycles. The van der Waals surface area contributed by atoms with Crippen molar-refractivity contribution in [1.29, 1.82) is 0 Å². The van der Waals surface area contributed by atoms with Crippen LogP contribution in [0, 0.1) is 52.3 Å². The third kappa shape index (κ3) is 4.34. The number of rotatable bonds is 2. The molecule has 4 nitrogen and oxygen atoms in total. The molecule has 1 spiro atoms. The first kappa shape index (κ1) is 27.1. The molecule has 0 unspecified atom stereocenters. The van der Waals surface area contributed by atoms with Crippen molar-refractivity contribution in [2.24, 2.45) is 52.3 Å². The predicted octanol–water partition coefficient (Wildman–Crippen LogP) is 8.24. The van der Waals surface area contributed by atoms with Crippen LogP contribution in [-0.4, -0.2) is 29.8 Å². The largest absolute Gasteiger partial charge is 0.371 e. The first-order chi connectivity index (χ1) is 18.7. The Labute approximate surface area is 238 Å². The summed E-state index contributed by atoms with van der Waals surface area (Å²) >= 11 is 0. The van der Waals surface area contributed by atoms with Crippen LogP contribution in [0.15, 0.2) is 0 Å². The van der Waals surface area contributed by atoms with E-state index >= 15 is 0 Å². The van der Waals surface area contributed by atoms with Crippen LogP contribution in [0.4, 0.5) is 4.79 Å². The van der Waals surface area contributed by atoms with E-state index < -0.39 is 0 Å². The topological polar surface area (TPSA) is 50.4 Å². The molecule has 0 aromatic heterocycles. The molecule has 220 valence electrons. The van der Waals surface area contributed by atoms with Gasteiger partial charge in [0.15, 0.2) is 0 Å². The van der Waals surface area contributed by atoms with E-state index in [1.807, 2.05) is 0 Å². The fraction of sp³-hybridized carbons (Fsp3) is 0.971. The van der Waals surface area contributed by atoms with Gasteiger partial charge in [-0.3, -0.25) is 0 Å². The Morgan fingerprint density at radius 3 is 2.21 bits per heavy atom. The normalized spacial score (nSPS) is 53.4. The first-order valence-corrected chi connectivity index (χ1v) is 17.5. The monoisotopic (exact) mass is 538 g/mol. The molecule has 7 aliphatic rings. The fourth-order valence-corrected chi connectivity index (χ4v) is 12.7. The van der Waals surface area contributed by atoms with Gasteiger partial charge >= 0.3 is 6.03 Å². The quantitative estimate of drug-likeness (QED) is 0.372. The molecule has 0 aromatic carbocycles. The number of carbonyl (C=O) groups excluding carboxylic acids is 1. The third-order valence-corrected chi connectivity index (χ3v) is 14.9. The highest BCUT2D eigenvalue weighted by molar-refractivity contribution is 5.74. The molecule has 6 saturated carbocycles. The zero-order chi connectivity index (χ0) is 27.0. The number of amides is 2. The van der Waals surface area contributed by atoms with Crippen LogP contribution in [-0.2, 0) is 4.74 Å². The van der Waals surface area contributed by atoms with Gasteiger partial charge in [0.05, 0.1) is 11.7 Å². The van der Waals surface area contributed by atoms with Gasteiger partial charge in [0.1, 0.15) is 0 Å². The number of hydrogen-bond donors (Lipinski definition) is 2. The Hall–Kier alpha value is -0.770. The van der Waals surface area contributed by atoms with E-state index in [1.165, 1.54) is 96.3 Å². The van der Waals surface area contributed by atoms with Gasteiger partial charge in [-0.2, -0.15) is 0 Å². The van der Waals surface area contributed by atoms with Crippen molar-refractivity contribution < 1.29 is 9.53 Å². The molecule has 2 amide bonds. The number of ether oxygens (including phenoxy) is 1. The fourth-order valence-electron chi connectivity index (χ4n) is 12.7. The second-order valence-corrected chi connectivity index (χ2v) is 16.6. The SMILES string of the molecule is C[C@H]1[C@H]2[C@H](C[C@H]3[C@@H]4CC[C@@H]5C[C@@H](NC(=O)NC6CCCCC6)CC[C@]5(C)[C@H]4CC[C@]23C)O[C@]12CC[C@H](C)CC2. The molecule has 1 heterocycles. The van der Waals surface area contributed by atoms with Crippen LogP contribution in [0.5, 0.6) is 0 Å². The predicted molar refractivity (Wildman–Crippen MR) is 157 cm³/mol. The summed E-state index contributed by atoms with van der Waals surface area (Å²) in [5, 5.41) is 6.73. The first-order valence-electron chi connectivity index (χ1n) is 17.5. The van der Waals surface area contributed by atoms with Crippen LogP contribution >= 0.6 is 0 Å². The lowest BCUT2D eigenvalue weighted by Crippen LogP contribution is -2.56. The summed E-state index contributed by atoms with van der Waals surface area (Å²) in [5.74, 6) is 5.82. The average molecular weight is 539 g/mol. The van der Waals surface area contributed by atoms with Gasteiger partial charge in [-0.15, -0.1) is 0 Å². The van der Waals surface area contributed by atoms with Crippen LogP contribution in [0.25, 0.3) is 0 Å². The molecule has 4 heteroatoms. The molecule has 7 rings (SSSR count). The third-order valence-electron chi connectivity index (χ3n) is 14.9. The number of urea groups is 1. The molecule has 39 heavy (non-hydrogen) atoms. The average Bonchev–Trinajstić information content (AvgIpc) is 3.36. The van der Waals surface area contributed by atoms with Crippen molar-refractivity contribution in [3.05, 3.63) is 0 Å². The molecular weight excluding hydrogens is 480 g/mol. The van der Waals surface area contributed by atoms with Gasteiger partial charge in [0, 0.05) is 12.1 Å². The van der Waals surface area contributed by atoms with Gasteiger partial charge in [-0.25, -0.2) is 4.79 Å². The van der Waals surface area contributed by atoms with Crippen LogP contribution in [0.1, 0.15) is 137 Å². The zero-order valence-electron chi connectivity index (χ0n) is 25.6. The maximum Gasteiger partial charge on any atom is 0.315 e. The van der Waals surface area contributed by atoms with Crippen LogP contribution in [0.3, 0.4) is 0 Å². The van der Waals surface area contributed by atoms with E-state index in [0.29, 0.717) is 29.0 Å². The number of nitrogens with one attached hydrogen (secondary N) is 2. The lowest BCUT2D eigenvalue weighted by Gasteiger charge is -2.61. The Morgan fingerprint density at radius 2 is 1.44 bits per heavy atom. The molecule has 2 N–H and O–H groups in total. The van der Waals surface area contributed by atoms with E-state index in [9.17, 15) is 4.79 Å². The standard InChI is InChI=1S/C35H58N2O2/c1-22-12-18-35(19-13-22)23(2)31-30(39-35)21-29-27-11-10-24-20-26(37-32(38)36-25-8-6-5-7-9-25)14-16-33(24,3)28(27)15-17-34(29,31)4/h22-31H,5-21H2,1-4H3,(H2,36,37,38)/t22-,23-,24+,26-,27+,28-,29-,30-,31-,33-,34-,35-/m0/s1. The van der Waals surface area contributed by atoms with Gasteiger partial charge in [-0.05, 0) is 142 Å². The summed E-state index contributed by atoms with van der Waals surface area (Å²) in [5.41, 5.74) is 1.15. The summed E-state index contributed by atoms with van der Waals surface area (Å²) in [6.07, 6.45) is 22.7. The highest BCUT2D eigenvalue weighted by atomic mass is 16.5. The number of hydrogen-bond acceptors (Lipinski definition) is 2. The van der Waals surface area contributed by atoms with Crippen molar-refractivity contribution in [2.75, 3.05) is 0 Å². The minimum absolute atomic E-state index is 0.106. The number of fused-ring (bicyclic) bond motifs is 7. The molecule has 1 aliphatic heterocycles. The number of carbonyl (C=O) groups is 1. The summed E-state index contributed by atoms with van der Waals surface area (Å²) in [6.45, 7) is 10.4. The second kappa shape index (κ2) is 9.91. The van der Waals surface area contributed by atoms with Gasteiger partial charge in [0.2, 0.25) is 0 Å². The molecule has 7 fully saturated rings. The maximum absolute atomic E-state index is 12.8. The lowest BCUT2D eigenvalue weighted by atomic mass is 9.44. The Kier molecular flexibility index (Phi) is 6.88. The highest BCUT2D eigenvalue weighted by Crippen LogP contribution is 2.71. The Bertz CT molecular complexity index is 922. The Balaban J connectivity index is 1.00. The smallest absolute Gasteiger partial charge is 0.315 e. The molecule has 0 radical (unpaired) electrons. The maximum atomic E-state index is 12.8. The molecule has 0 bridgehead atoms. The van der Waals surface area contributed by atoms with E-state index in [0.717, 1.165) is 54.3 Å². The molecule has 1 saturated heterocycles. The summed E-state index contributed by atoms with van der Waals surface area (Å²) in [7, 11) is 0. The van der Waals surface area contributed by atoms with Crippen molar-refractivity contribution in [1.82, 2.24) is 10.6 Å². The van der Waals surface area contributed by atoms with E-state index in [4.69, 9.17) is 4.74 Å². The molecule has 0 aromatic rings. The Morgan fingerprint density at radius 1 is 0.718 bits per heavy atom. The van der Waals surface area contributed by atoms with E-state index in [-0.39, 0.29) is 11.6 Å². The van der Waals surface area contributed by atoms with E-state index in [1.54, 1.807) is 0 Å². The van der Waals surface area contributed by atoms with Gasteiger partial charge in [0.25, 0.3) is 0 Å². The van der Waals surface area contributed by atoms with Crippen LogP contribution in [0.2, 0.25) is 0 Å². The lowest BCUT2D eigenvalue weighted by molar-refractivity contribution is -0.128. The van der Waals surface area contributed by atoms with Crippen LogP contribution < -0.4 is 10.6 Å². The zero-order valence-corrected chi connectivity index (χ0v) is 25.6. The van der Waals surface area contributed by atoms with Crippen molar-refractivity contribution >= 4 is 6.03 Å². The highest BCUT2D eigenvalue weighted by Gasteiger charge is 2.68. The van der Waals surface area contributed by atoms with Crippen molar-refractivity contribution in [2.45, 2.75) is 161 Å². The van der Waals surface area contributed by atoms with Gasteiger partial charge < -0.3 is 15.4 Å².